The first kappa shape index (κ1) is 19.1. The maximum Gasteiger partial charge on any atom is 0.414 e. The molecule has 9 heteroatoms. The van der Waals surface area contributed by atoms with Gasteiger partial charge in [-0.2, -0.15) is 0 Å². The highest BCUT2D eigenvalue weighted by Crippen LogP contribution is 2.32. The van der Waals surface area contributed by atoms with Gasteiger partial charge in [-0.1, -0.05) is 0 Å². The van der Waals surface area contributed by atoms with Crippen LogP contribution < -0.4 is 15.1 Å². The number of allylic oxidation sites excluding steroid dienone is 1. The van der Waals surface area contributed by atoms with Crippen LogP contribution in [0.5, 0.6) is 0 Å². The van der Waals surface area contributed by atoms with Crippen LogP contribution in [0, 0.1) is 11.6 Å². The number of carbonyl (C=O) groups excluding carboxylic acids is 2. The standard InChI is InChI=1S/C20H20F2N4O3/c1-12-8-17(23-9-12)24-10-14-11-26(20(28)29-14)16-3-2-15(18(21)19(16)22)25-6-4-13(27)5-7-25/h2-4,6,8,14H,5,7,9-11H2,1H3,(H,23,24)/t14-/m0/s1. The molecule has 1 saturated heterocycles. The highest BCUT2D eigenvalue weighted by Gasteiger charge is 2.35. The number of halogens is 2. The monoisotopic (exact) mass is 402 g/mol. The average Bonchev–Trinajstić information content (AvgIpc) is 3.28. The first-order valence-electron chi connectivity index (χ1n) is 9.31. The van der Waals surface area contributed by atoms with Gasteiger partial charge in [0.15, 0.2) is 17.4 Å². The predicted octanol–water partition coefficient (Wildman–Crippen LogP) is 2.53. The van der Waals surface area contributed by atoms with Gasteiger partial charge in [-0.15, -0.1) is 0 Å². The van der Waals surface area contributed by atoms with Gasteiger partial charge < -0.3 is 15.0 Å². The third kappa shape index (κ3) is 3.85. The van der Waals surface area contributed by atoms with Gasteiger partial charge in [-0.25, -0.2) is 13.6 Å². The largest absolute Gasteiger partial charge is 0.442 e. The predicted molar refractivity (Wildman–Crippen MR) is 104 cm³/mol. The Morgan fingerprint density at radius 3 is 2.69 bits per heavy atom. The number of ether oxygens (including phenoxy) is 1. The topological polar surface area (TPSA) is 74.2 Å². The SMILES string of the molecule is CC1=CC(NC[C@H]2CN(c3ccc(N4C=CC(=O)CC4)c(F)c3F)C(=O)O2)=NC1. The molecule has 4 rings (SSSR count). The second-order valence-corrected chi connectivity index (χ2v) is 7.15. The summed E-state index contributed by atoms with van der Waals surface area (Å²) in [5, 5.41) is 3.09. The molecule has 0 aliphatic carbocycles. The Bertz CT molecular complexity index is 957. The summed E-state index contributed by atoms with van der Waals surface area (Å²) in [5.41, 5.74) is 0.968. The third-order valence-electron chi connectivity index (χ3n) is 4.95. The van der Waals surface area contributed by atoms with Crippen LogP contribution in [0.4, 0.5) is 25.0 Å². The zero-order chi connectivity index (χ0) is 20.5. The third-order valence-corrected chi connectivity index (χ3v) is 4.95. The smallest absolute Gasteiger partial charge is 0.414 e. The number of hydrogen-bond acceptors (Lipinski definition) is 6. The molecule has 0 bridgehead atoms. The summed E-state index contributed by atoms with van der Waals surface area (Å²) >= 11 is 0. The average molecular weight is 402 g/mol. The van der Waals surface area contributed by atoms with Crippen LogP contribution >= 0.6 is 0 Å². The van der Waals surface area contributed by atoms with Crippen molar-refractivity contribution >= 4 is 29.1 Å². The molecule has 7 nitrogen and oxygen atoms in total. The molecule has 3 aliphatic heterocycles. The van der Waals surface area contributed by atoms with Gasteiger partial charge in [0.05, 0.1) is 31.0 Å². The first-order valence-corrected chi connectivity index (χ1v) is 9.31. The van der Waals surface area contributed by atoms with E-state index < -0.39 is 23.8 Å². The number of amides is 1. The summed E-state index contributed by atoms with van der Waals surface area (Å²) in [4.78, 5) is 30.3. The number of nitrogens with one attached hydrogen (secondary N) is 1. The highest BCUT2D eigenvalue weighted by molar-refractivity contribution is 5.95. The summed E-state index contributed by atoms with van der Waals surface area (Å²) in [5.74, 6) is -1.55. The summed E-state index contributed by atoms with van der Waals surface area (Å²) in [6.07, 6.45) is 3.65. The molecule has 0 unspecified atom stereocenters. The Morgan fingerprint density at radius 2 is 2.00 bits per heavy atom. The fraction of sp³-hybridized carbons (Fsp3) is 0.350. The lowest BCUT2D eigenvalue weighted by Gasteiger charge is -2.24. The lowest BCUT2D eigenvalue weighted by atomic mass is 10.1. The van der Waals surface area contributed by atoms with Crippen LogP contribution in [0.2, 0.25) is 0 Å². The van der Waals surface area contributed by atoms with E-state index in [1.165, 1.54) is 29.3 Å². The normalized spacial score (nSPS) is 21.4. The number of carbonyl (C=O) groups is 2. The number of anilines is 2. The molecule has 1 atom stereocenters. The zero-order valence-corrected chi connectivity index (χ0v) is 15.8. The van der Waals surface area contributed by atoms with Crippen molar-refractivity contribution in [3.8, 4) is 0 Å². The van der Waals surface area contributed by atoms with Crippen molar-refractivity contribution < 1.29 is 23.1 Å². The van der Waals surface area contributed by atoms with Gasteiger partial charge >= 0.3 is 6.09 Å². The van der Waals surface area contributed by atoms with E-state index in [4.69, 9.17) is 4.74 Å². The van der Waals surface area contributed by atoms with E-state index in [2.05, 4.69) is 10.3 Å². The Balaban J connectivity index is 1.46. The molecule has 3 aliphatic rings. The van der Waals surface area contributed by atoms with Crippen molar-refractivity contribution in [1.82, 2.24) is 5.32 Å². The molecular formula is C20H20F2N4O3. The quantitative estimate of drug-likeness (QED) is 0.838. The maximum atomic E-state index is 14.7. The summed E-state index contributed by atoms with van der Waals surface area (Å²) in [7, 11) is 0. The number of ketones is 1. The lowest BCUT2D eigenvalue weighted by molar-refractivity contribution is -0.114. The highest BCUT2D eigenvalue weighted by atomic mass is 19.2. The van der Waals surface area contributed by atoms with E-state index in [1.54, 1.807) is 0 Å². The van der Waals surface area contributed by atoms with Crippen LogP contribution in [0.15, 0.2) is 41.1 Å². The Labute approximate surface area is 166 Å². The first-order chi connectivity index (χ1) is 13.9. The van der Waals surface area contributed by atoms with Crippen LogP contribution in [0.25, 0.3) is 0 Å². The zero-order valence-electron chi connectivity index (χ0n) is 15.8. The molecule has 0 saturated carbocycles. The maximum absolute atomic E-state index is 14.7. The second kappa shape index (κ2) is 7.65. The van der Waals surface area contributed by atoms with Crippen LogP contribution in [-0.2, 0) is 9.53 Å². The number of amidine groups is 1. The van der Waals surface area contributed by atoms with E-state index in [0.29, 0.717) is 18.9 Å². The van der Waals surface area contributed by atoms with Gasteiger partial charge in [-0.3, -0.25) is 14.7 Å². The van der Waals surface area contributed by atoms with Gasteiger partial charge in [-0.05, 0) is 36.8 Å². The van der Waals surface area contributed by atoms with Crippen molar-refractivity contribution in [2.24, 2.45) is 4.99 Å². The minimum Gasteiger partial charge on any atom is -0.442 e. The molecule has 1 amide bonds. The van der Waals surface area contributed by atoms with Crippen LogP contribution in [0.3, 0.4) is 0 Å². The molecule has 3 heterocycles. The fourth-order valence-corrected chi connectivity index (χ4v) is 3.41. The molecule has 0 aromatic heterocycles. The summed E-state index contributed by atoms with van der Waals surface area (Å²) in [6.45, 7) is 3.28. The Morgan fingerprint density at radius 1 is 1.24 bits per heavy atom. The number of hydrogen-bond donors (Lipinski definition) is 1. The second-order valence-electron chi connectivity index (χ2n) is 7.15. The van der Waals surface area contributed by atoms with Gasteiger partial charge in [0.25, 0.3) is 0 Å². The summed E-state index contributed by atoms with van der Waals surface area (Å²) < 4.78 is 34.7. The Hall–Kier alpha value is -3.23. The van der Waals surface area contributed by atoms with E-state index in [0.717, 1.165) is 10.5 Å². The molecule has 1 aromatic carbocycles. The van der Waals surface area contributed by atoms with E-state index in [1.807, 2.05) is 13.0 Å². The van der Waals surface area contributed by atoms with Gasteiger partial charge in [0.2, 0.25) is 0 Å². The molecule has 29 heavy (non-hydrogen) atoms. The van der Waals surface area contributed by atoms with Gasteiger partial charge in [0.1, 0.15) is 11.9 Å². The minimum atomic E-state index is -1.13. The van der Waals surface area contributed by atoms with Crippen LogP contribution in [-0.4, -0.2) is 50.0 Å². The van der Waals surface area contributed by atoms with Crippen molar-refractivity contribution in [2.45, 2.75) is 19.4 Å². The Kier molecular flexibility index (Phi) is 5.04. The van der Waals surface area contributed by atoms with Gasteiger partial charge in [0, 0.05) is 19.2 Å². The van der Waals surface area contributed by atoms with Crippen molar-refractivity contribution in [3.63, 3.8) is 0 Å². The van der Waals surface area contributed by atoms with Crippen LogP contribution in [0.1, 0.15) is 13.3 Å². The molecule has 1 N–H and O–H groups in total. The molecule has 0 radical (unpaired) electrons. The van der Waals surface area contributed by atoms with Crippen molar-refractivity contribution in [3.05, 3.63) is 47.7 Å². The van der Waals surface area contributed by atoms with Crippen molar-refractivity contribution in [1.29, 1.82) is 0 Å². The number of cyclic esters (lactones) is 1. The number of benzene rings is 1. The molecule has 1 fully saturated rings. The lowest BCUT2D eigenvalue weighted by Crippen LogP contribution is -2.33. The fourth-order valence-electron chi connectivity index (χ4n) is 3.41. The van der Waals surface area contributed by atoms with E-state index in [9.17, 15) is 18.4 Å². The minimum absolute atomic E-state index is 0.0159. The van der Waals surface area contributed by atoms with E-state index in [-0.39, 0.29) is 36.7 Å². The molecule has 152 valence electrons. The molecule has 1 aromatic rings. The van der Waals surface area contributed by atoms with Crippen molar-refractivity contribution in [2.75, 3.05) is 36.0 Å². The number of aliphatic imine (C=N–C) groups is 1. The number of nitrogens with zero attached hydrogens (tertiary/aromatic N) is 3. The summed E-state index contributed by atoms with van der Waals surface area (Å²) in [6, 6.07) is 2.75. The number of rotatable bonds is 4. The molecular weight excluding hydrogens is 382 g/mol. The van der Waals surface area contributed by atoms with E-state index >= 15 is 0 Å². The molecule has 0 spiro atoms.